The van der Waals surface area contributed by atoms with Gasteiger partial charge in [0.2, 0.25) is 0 Å². The van der Waals surface area contributed by atoms with Gasteiger partial charge in [-0.2, -0.15) is 0 Å². The second-order valence-electron chi connectivity index (χ2n) is 2.32. The molecule has 0 aliphatic rings. The molecule has 2 nitrogen and oxygen atoms in total. The topological polar surface area (TPSA) is 38.9 Å². The monoisotopic (exact) mass is 266 g/mol. The Hall–Kier alpha value is -0.230. The van der Waals surface area contributed by atoms with Crippen molar-refractivity contribution in [2.45, 2.75) is 13.0 Å². The number of nitrogens with two attached hydrogens (primary N) is 1. The van der Waals surface area contributed by atoms with Gasteiger partial charge in [0.25, 0.3) is 0 Å². The fourth-order valence-corrected chi connectivity index (χ4v) is 1.54. The van der Waals surface area contributed by atoms with Gasteiger partial charge in [0.1, 0.15) is 9.52 Å². The minimum Gasteiger partial charge on any atom is -0.324 e. The Balaban J connectivity index is 3.13. The van der Waals surface area contributed by atoms with Crippen LogP contribution in [0, 0.1) is 9.52 Å². The van der Waals surface area contributed by atoms with Crippen molar-refractivity contribution in [3.63, 3.8) is 0 Å². The van der Waals surface area contributed by atoms with Crippen LogP contribution in [0.1, 0.15) is 18.5 Å². The standard InChI is InChI=1S/C7H8FIN2/c1-4(10)6-2-5(8)3-11-7(6)9/h2-4H,10H2,1H3. The summed E-state index contributed by atoms with van der Waals surface area (Å²) >= 11 is 2.03. The van der Waals surface area contributed by atoms with Gasteiger partial charge in [-0.25, -0.2) is 9.37 Å². The van der Waals surface area contributed by atoms with E-state index < -0.39 is 0 Å². The SMILES string of the molecule is CC(N)c1cc(F)cnc1I. The molecule has 1 atom stereocenters. The van der Waals surface area contributed by atoms with Crippen LogP contribution in [0.15, 0.2) is 12.3 Å². The van der Waals surface area contributed by atoms with Crippen molar-refractivity contribution in [2.75, 3.05) is 0 Å². The highest BCUT2D eigenvalue weighted by Crippen LogP contribution is 2.16. The third-order valence-corrected chi connectivity index (χ3v) is 2.22. The van der Waals surface area contributed by atoms with Crippen molar-refractivity contribution < 1.29 is 4.39 Å². The highest BCUT2D eigenvalue weighted by atomic mass is 127. The van der Waals surface area contributed by atoms with Crippen molar-refractivity contribution in [1.29, 1.82) is 0 Å². The van der Waals surface area contributed by atoms with Crippen LogP contribution in [0.3, 0.4) is 0 Å². The van der Waals surface area contributed by atoms with Crippen molar-refractivity contribution in [3.05, 3.63) is 27.3 Å². The lowest BCUT2D eigenvalue weighted by Gasteiger charge is -2.06. The first kappa shape index (κ1) is 8.86. The van der Waals surface area contributed by atoms with Crippen LogP contribution < -0.4 is 5.73 Å². The molecule has 4 heteroatoms. The van der Waals surface area contributed by atoms with Gasteiger partial charge in [0.15, 0.2) is 0 Å². The first-order valence-corrected chi connectivity index (χ1v) is 4.25. The molecular formula is C7H8FIN2. The number of nitrogens with zero attached hydrogens (tertiary/aromatic N) is 1. The highest BCUT2D eigenvalue weighted by Gasteiger charge is 2.06. The van der Waals surface area contributed by atoms with Crippen molar-refractivity contribution in [1.82, 2.24) is 4.98 Å². The van der Waals surface area contributed by atoms with E-state index in [2.05, 4.69) is 4.98 Å². The largest absolute Gasteiger partial charge is 0.324 e. The number of halogens is 2. The van der Waals surface area contributed by atoms with E-state index in [0.717, 1.165) is 9.26 Å². The Morgan fingerprint density at radius 2 is 2.36 bits per heavy atom. The van der Waals surface area contributed by atoms with Crippen molar-refractivity contribution in [2.24, 2.45) is 5.73 Å². The molecule has 1 aromatic rings. The summed E-state index contributed by atoms with van der Waals surface area (Å²) in [5.41, 5.74) is 6.33. The van der Waals surface area contributed by atoms with E-state index in [1.165, 1.54) is 12.3 Å². The van der Waals surface area contributed by atoms with Crippen LogP contribution in [0.5, 0.6) is 0 Å². The number of pyridine rings is 1. The van der Waals surface area contributed by atoms with Gasteiger partial charge in [-0.05, 0) is 35.6 Å². The third-order valence-electron chi connectivity index (χ3n) is 1.32. The summed E-state index contributed by atoms with van der Waals surface area (Å²) in [6, 6.07) is 1.25. The molecule has 60 valence electrons. The fourth-order valence-electron chi connectivity index (χ4n) is 0.758. The summed E-state index contributed by atoms with van der Waals surface area (Å²) in [7, 11) is 0. The molecule has 1 aromatic heterocycles. The molecule has 0 spiro atoms. The molecule has 0 aromatic carbocycles. The number of hydrogen-bond acceptors (Lipinski definition) is 2. The summed E-state index contributed by atoms with van der Waals surface area (Å²) in [6.07, 6.45) is 1.19. The van der Waals surface area contributed by atoms with E-state index in [1.807, 2.05) is 22.6 Å². The first-order valence-electron chi connectivity index (χ1n) is 3.18. The maximum Gasteiger partial charge on any atom is 0.141 e. The van der Waals surface area contributed by atoms with Gasteiger partial charge < -0.3 is 5.73 Å². The number of aromatic nitrogens is 1. The van der Waals surface area contributed by atoms with Crippen LogP contribution in [0.25, 0.3) is 0 Å². The lowest BCUT2D eigenvalue weighted by atomic mass is 10.2. The quantitative estimate of drug-likeness (QED) is 0.622. The predicted octanol–water partition coefficient (Wildman–Crippen LogP) is 1.84. The second-order valence-corrected chi connectivity index (χ2v) is 3.34. The molecule has 11 heavy (non-hydrogen) atoms. The van der Waals surface area contributed by atoms with Crippen LogP contribution in [-0.4, -0.2) is 4.98 Å². The smallest absolute Gasteiger partial charge is 0.141 e. The summed E-state index contributed by atoms with van der Waals surface area (Å²) in [4.78, 5) is 3.83. The lowest BCUT2D eigenvalue weighted by Crippen LogP contribution is -2.08. The van der Waals surface area contributed by atoms with Crippen molar-refractivity contribution >= 4 is 22.6 Å². The molecule has 0 radical (unpaired) electrons. The van der Waals surface area contributed by atoms with Gasteiger partial charge in [-0.15, -0.1) is 0 Å². The van der Waals surface area contributed by atoms with Gasteiger partial charge >= 0.3 is 0 Å². The zero-order valence-electron chi connectivity index (χ0n) is 6.01. The predicted molar refractivity (Wildman–Crippen MR) is 49.5 cm³/mol. The van der Waals surface area contributed by atoms with Gasteiger partial charge in [0.05, 0.1) is 6.20 Å². The molecule has 0 amide bonds. The molecule has 1 unspecified atom stereocenters. The minimum atomic E-state index is -0.335. The van der Waals surface area contributed by atoms with E-state index in [9.17, 15) is 4.39 Å². The van der Waals surface area contributed by atoms with E-state index in [-0.39, 0.29) is 11.9 Å². The van der Waals surface area contributed by atoms with Gasteiger partial charge in [-0.1, -0.05) is 0 Å². The Morgan fingerprint density at radius 1 is 1.73 bits per heavy atom. The zero-order chi connectivity index (χ0) is 8.43. The Morgan fingerprint density at radius 3 is 2.82 bits per heavy atom. The summed E-state index contributed by atoms with van der Waals surface area (Å²) in [6.45, 7) is 1.80. The third kappa shape index (κ3) is 2.10. The highest BCUT2D eigenvalue weighted by molar-refractivity contribution is 14.1. The van der Waals surface area contributed by atoms with Gasteiger partial charge in [0, 0.05) is 11.6 Å². The van der Waals surface area contributed by atoms with Crippen LogP contribution in [-0.2, 0) is 0 Å². The van der Waals surface area contributed by atoms with Crippen LogP contribution >= 0.6 is 22.6 Å². The van der Waals surface area contributed by atoms with E-state index in [4.69, 9.17) is 5.73 Å². The molecule has 2 N–H and O–H groups in total. The van der Waals surface area contributed by atoms with Gasteiger partial charge in [-0.3, -0.25) is 0 Å². The second kappa shape index (κ2) is 3.44. The Labute approximate surface area is 78.1 Å². The molecule has 1 rings (SSSR count). The van der Waals surface area contributed by atoms with E-state index >= 15 is 0 Å². The average Bonchev–Trinajstić information content (AvgIpc) is 1.94. The molecule has 0 saturated carbocycles. The average molecular weight is 266 g/mol. The van der Waals surface area contributed by atoms with E-state index in [1.54, 1.807) is 6.92 Å². The molecule has 1 heterocycles. The Bertz CT molecular complexity index is 263. The Kier molecular flexibility index (Phi) is 2.78. The van der Waals surface area contributed by atoms with Crippen LogP contribution in [0.4, 0.5) is 4.39 Å². The summed E-state index contributed by atoms with van der Waals surface area (Å²) < 4.78 is 13.3. The number of rotatable bonds is 1. The summed E-state index contributed by atoms with van der Waals surface area (Å²) in [5, 5.41) is 0. The maximum atomic E-state index is 12.6. The number of hydrogen-bond donors (Lipinski definition) is 1. The normalized spacial score (nSPS) is 13.1. The zero-order valence-corrected chi connectivity index (χ0v) is 8.17. The minimum absolute atomic E-state index is 0.162. The fraction of sp³-hybridized carbons (Fsp3) is 0.286. The molecule has 0 aliphatic heterocycles. The summed E-state index contributed by atoms with van der Waals surface area (Å²) in [5.74, 6) is -0.335. The van der Waals surface area contributed by atoms with E-state index in [0.29, 0.717) is 0 Å². The molecule has 0 bridgehead atoms. The maximum absolute atomic E-state index is 12.6. The molecule has 0 saturated heterocycles. The molecular weight excluding hydrogens is 258 g/mol. The first-order chi connectivity index (χ1) is 5.11. The molecule has 0 aliphatic carbocycles. The molecule has 0 fully saturated rings. The van der Waals surface area contributed by atoms with Crippen LogP contribution in [0.2, 0.25) is 0 Å². The lowest BCUT2D eigenvalue weighted by molar-refractivity contribution is 0.613. The van der Waals surface area contributed by atoms with Crippen molar-refractivity contribution in [3.8, 4) is 0 Å².